The molecule has 2 aromatic carbocycles. The molecule has 0 fully saturated rings. The van der Waals surface area contributed by atoms with Gasteiger partial charge in [0, 0.05) is 17.5 Å². The third kappa shape index (κ3) is 5.02. The Balaban J connectivity index is 1.70. The maximum absolute atomic E-state index is 12.8. The average molecular weight is 416 g/mol. The number of thioether (sulfide) groups is 1. The van der Waals surface area contributed by atoms with Crippen molar-refractivity contribution in [2.24, 2.45) is 0 Å². The van der Waals surface area contributed by atoms with Crippen molar-refractivity contribution in [3.63, 3.8) is 0 Å². The van der Waals surface area contributed by atoms with Crippen LogP contribution in [0.3, 0.4) is 0 Å². The van der Waals surface area contributed by atoms with Gasteiger partial charge in [0.05, 0.1) is 22.6 Å². The van der Waals surface area contributed by atoms with Gasteiger partial charge < -0.3 is 15.4 Å². The number of nitrogens with zero attached hydrogens (tertiary/aromatic N) is 1. The highest BCUT2D eigenvalue weighted by Gasteiger charge is 2.20. The lowest BCUT2D eigenvalue weighted by Gasteiger charge is -2.14. The second-order valence-corrected chi connectivity index (χ2v) is 8.37. The number of anilines is 2. The number of carbonyl (C=O) groups is 2. The summed E-state index contributed by atoms with van der Waals surface area (Å²) in [5.74, 6) is 0.540. The summed E-state index contributed by atoms with van der Waals surface area (Å²) in [4.78, 5) is 29.4. The van der Waals surface area contributed by atoms with Crippen molar-refractivity contribution in [3.8, 4) is 5.75 Å². The minimum absolute atomic E-state index is 0.0940. The Labute approximate surface area is 171 Å². The SMILES string of the molecule is CCC(Sc1cccc(NC(C)=O)c1)C(=O)Nc1nc2ccc(OC)cc2s1. The summed E-state index contributed by atoms with van der Waals surface area (Å²) in [7, 11) is 1.62. The molecule has 146 valence electrons. The van der Waals surface area contributed by atoms with Crippen LogP contribution in [0.2, 0.25) is 0 Å². The summed E-state index contributed by atoms with van der Waals surface area (Å²) in [5.41, 5.74) is 1.54. The molecule has 8 heteroatoms. The van der Waals surface area contributed by atoms with Crippen LogP contribution in [0.5, 0.6) is 5.75 Å². The topological polar surface area (TPSA) is 80.3 Å². The molecular formula is C20H21N3O3S2. The molecule has 1 atom stereocenters. The monoisotopic (exact) mass is 415 g/mol. The first-order valence-corrected chi connectivity index (χ1v) is 10.5. The molecule has 0 aliphatic carbocycles. The van der Waals surface area contributed by atoms with Crippen molar-refractivity contribution in [1.29, 1.82) is 0 Å². The van der Waals surface area contributed by atoms with Crippen molar-refractivity contribution >= 4 is 55.9 Å². The summed E-state index contributed by atoms with van der Waals surface area (Å²) >= 11 is 2.88. The molecule has 0 spiro atoms. The van der Waals surface area contributed by atoms with Crippen LogP contribution in [0.1, 0.15) is 20.3 Å². The lowest BCUT2D eigenvalue weighted by Crippen LogP contribution is -2.24. The molecule has 0 saturated heterocycles. The largest absolute Gasteiger partial charge is 0.497 e. The van der Waals surface area contributed by atoms with Gasteiger partial charge in [-0.2, -0.15) is 0 Å². The molecule has 0 radical (unpaired) electrons. The van der Waals surface area contributed by atoms with Gasteiger partial charge in [-0.25, -0.2) is 4.98 Å². The number of rotatable bonds is 7. The Morgan fingerprint density at radius 1 is 1.21 bits per heavy atom. The number of amides is 2. The van der Waals surface area contributed by atoms with Gasteiger partial charge in [-0.1, -0.05) is 24.3 Å². The summed E-state index contributed by atoms with van der Waals surface area (Å²) in [6.07, 6.45) is 0.666. The van der Waals surface area contributed by atoms with Gasteiger partial charge in [-0.3, -0.25) is 9.59 Å². The fourth-order valence-corrected chi connectivity index (χ4v) is 4.52. The highest BCUT2D eigenvalue weighted by Crippen LogP contribution is 2.31. The molecule has 1 heterocycles. The minimum atomic E-state index is -0.269. The van der Waals surface area contributed by atoms with E-state index in [1.165, 1.54) is 30.0 Å². The van der Waals surface area contributed by atoms with E-state index in [1.807, 2.05) is 49.4 Å². The summed E-state index contributed by atoms with van der Waals surface area (Å²) in [6.45, 7) is 3.44. The number of benzene rings is 2. The summed E-state index contributed by atoms with van der Waals surface area (Å²) in [5, 5.41) is 5.98. The third-order valence-electron chi connectivity index (χ3n) is 3.92. The molecule has 0 aliphatic rings. The predicted octanol–water partition coefficient (Wildman–Crippen LogP) is 4.77. The van der Waals surface area contributed by atoms with Gasteiger partial charge >= 0.3 is 0 Å². The van der Waals surface area contributed by atoms with Gasteiger partial charge in [0.1, 0.15) is 5.75 Å². The first kappa shape index (κ1) is 20.2. The van der Waals surface area contributed by atoms with E-state index >= 15 is 0 Å². The fraction of sp³-hybridized carbons (Fsp3) is 0.250. The molecule has 2 N–H and O–H groups in total. The number of thiazole rings is 1. The van der Waals surface area contributed by atoms with Crippen molar-refractivity contribution in [1.82, 2.24) is 4.98 Å². The third-order valence-corrected chi connectivity index (χ3v) is 6.21. The van der Waals surface area contributed by atoms with Gasteiger partial charge in [-0.05, 0) is 42.8 Å². The van der Waals surface area contributed by atoms with Crippen molar-refractivity contribution in [3.05, 3.63) is 42.5 Å². The average Bonchev–Trinajstić information content (AvgIpc) is 3.06. The number of carbonyl (C=O) groups excluding carboxylic acids is 2. The number of methoxy groups -OCH3 is 1. The standard InChI is InChI=1S/C20H21N3O3S2/c1-4-17(27-15-7-5-6-13(10-15)21-12(2)24)19(25)23-20-22-16-9-8-14(26-3)11-18(16)28-20/h5-11,17H,4H2,1-3H3,(H,21,24)(H,22,23,25). The maximum Gasteiger partial charge on any atom is 0.239 e. The van der Waals surface area contributed by atoms with Gasteiger partial charge in [0.25, 0.3) is 0 Å². The summed E-state index contributed by atoms with van der Waals surface area (Å²) < 4.78 is 6.19. The molecule has 6 nitrogen and oxygen atoms in total. The molecule has 3 aromatic rings. The zero-order chi connectivity index (χ0) is 20.1. The smallest absolute Gasteiger partial charge is 0.239 e. The number of ether oxygens (including phenoxy) is 1. The Bertz CT molecular complexity index is 1000. The van der Waals surface area contributed by atoms with Crippen LogP contribution in [0.25, 0.3) is 10.2 Å². The van der Waals surface area contributed by atoms with Crippen LogP contribution in [0.15, 0.2) is 47.4 Å². The van der Waals surface area contributed by atoms with E-state index < -0.39 is 0 Å². The molecule has 3 rings (SSSR count). The van der Waals surface area contributed by atoms with Crippen molar-refractivity contribution in [2.45, 2.75) is 30.4 Å². The van der Waals surface area contributed by atoms with Crippen molar-refractivity contribution in [2.75, 3.05) is 17.7 Å². The lowest BCUT2D eigenvalue weighted by atomic mass is 10.3. The lowest BCUT2D eigenvalue weighted by molar-refractivity contribution is -0.116. The van der Waals surface area contributed by atoms with Crippen molar-refractivity contribution < 1.29 is 14.3 Å². The van der Waals surface area contributed by atoms with Crippen LogP contribution >= 0.6 is 23.1 Å². The summed E-state index contributed by atoms with van der Waals surface area (Å²) in [6, 6.07) is 13.1. The minimum Gasteiger partial charge on any atom is -0.497 e. The van der Waals surface area contributed by atoms with Gasteiger partial charge in [0.2, 0.25) is 11.8 Å². The number of hydrogen-bond acceptors (Lipinski definition) is 6. The Kier molecular flexibility index (Phi) is 6.53. The fourth-order valence-electron chi connectivity index (χ4n) is 2.61. The van der Waals surface area contributed by atoms with Crippen LogP contribution in [0, 0.1) is 0 Å². The van der Waals surface area contributed by atoms with E-state index in [9.17, 15) is 9.59 Å². The molecule has 1 unspecified atom stereocenters. The molecular weight excluding hydrogens is 394 g/mol. The Morgan fingerprint density at radius 2 is 2.04 bits per heavy atom. The highest BCUT2D eigenvalue weighted by atomic mass is 32.2. The number of fused-ring (bicyclic) bond motifs is 1. The zero-order valence-corrected chi connectivity index (χ0v) is 17.4. The van der Waals surface area contributed by atoms with E-state index in [4.69, 9.17) is 4.74 Å². The Hall–Kier alpha value is -2.58. The van der Waals surface area contributed by atoms with Gasteiger partial charge in [-0.15, -0.1) is 11.8 Å². The number of nitrogens with one attached hydrogen (secondary N) is 2. The quantitative estimate of drug-likeness (QED) is 0.543. The molecule has 28 heavy (non-hydrogen) atoms. The number of hydrogen-bond donors (Lipinski definition) is 2. The molecule has 2 amide bonds. The van der Waals surface area contributed by atoms with Gasteiger partial charge in [0.15, 0.2) is 5.13 Å². The first-order chi connectivity index (χ1) is 13.5. The first-order valence-electron chi connectivity index (χ1n) is 8.78. The second kappa shape index (κ2) is 9.07. The molecule has 0 aliphatic heterocycles. The molecule has 0 saturated carbocycles. The second-order valence-electron chi connectivity index (χ2n) is 6.07. The van der Waals surface area contributed by atoms with Crippen LogP contribution in [0.4, 0.5) is 10.8 Å². The van der Waals surface area contributed by atoms with E-state index in [-0.39, 0.29) is 17.1 Å². The maximum atomic E-state index is 12.8. The van der Waals surface area contributed by atoms with E-state index in [1.54, 1.807) is 7.11 Å². The zero-order valence-electron chi connectivity index (χ0n) is 15.8. The van der Waals surface area contributed by atoms with E-state index in [0.717, 1.165) is 20.9 Å². The normalized spacial score (nSPS) is 11.8. The van der Waals surface area contributed by atoms with Crippen LogP contribution < -0.4 is 15.4 Å². The Morgan fingerprint density at radius 3 is 2.75 bits per heavy atom. The predicted molar refractivity (Wildman–Crippen MR) is 115 cm³/mol. The van der Waals surface area contributed by atoms with Crippen LogP contribution in [-0.2, 0) is 9.59 Å². The molecule has 0 bridgehead atoms. The highest BCUT2D eigenvalue weighted by molar-refractivity contribution is 8.00. The van der Waals surface area contributed by atoms with E-state index in [2.05, 4.69) is 15.6 Å². The molecule has 1 aromatic heterocycles. The number of aromatic nitrogens is 1. The van der Waals surface area contributed by atoms with Crippen LogP contribution in [-0.4, -0.2) is 29.2 Å². The van der Waals surface area contributed by atoms with E-state index in [0.29, 0.717) is 17.2 Å².